The maximum Gasteiger partial charge on any atom is 0.315 e. The summed E-state index contributed by atoms with van der Waals surface area (Å²) in [5.74, 6) is 3.83. The van der Waals surface area contributed by atoms with Gasteiger partial charge in [0.2, 0.25) is 0 Å². The van der Waals surface area contributed by atoms with Crippen LogP contribution in [0, 0.1) is 35.4 Å². The molecular weight excluding hydrogens is 174 g/mol. The fourth-order valence-electron chi connectivity index (χ4n) is 0.161. The molecule has 0 aliphatic heterocycles. The Bertz CT molecular complexity index is 227. The average molecular weight is 181 g/mol. The first kappa shape index (κ1) is 13.1. The van der Waals surface area contributed by atoms with E-state index < -0.39 is 5.97 Å². The molecule has 0 rings (SSSR count). The van der Waals surface area contributed by atoms with Crippen molar-refractivity contribution in [2.75, 3.05) is 5.75 Å². The van der Waals surface area contributed by atoms with Crippen molar-refractivity contribution in [3.8, 4) is 30.1 Å². The number of hydrogen-bond acceptors (Lipinski definition) is 3. The van der Waals surface area contributed by atoms with Crippen LogP contribution in [0.2, 0.25) is 0 Å². The van der Waals surface area contributed by atoms with Gasteiger partial charge in [-0.2, -0.15) is 5.26 Å². The molecule has 0 unspecified atom stereocenters. The zero-order valence-electron chi connectivity index (χ0n) is 6.28. The highest BCUT2D eigenvalue weighted by molar-refractivity contribution is 8.03. The van der Waals surface area contributed by atoms with Gasteiger partial charge < -0.3 is 5.11 Å². The number of hydrogen-bond donors (Lipinski definition) is 1. The number of nitrogens with zero attached hydrogens (tertiary/aromatic N) is 1. The molecule has 12 heavy (non-hydrogen) atoms. The summed E-state index contributed by atoms with van der Waals surface area (Å²) in [7, 11) is 0. The smallest absolute Gasteiger partial charge is 0.315 e. The summed E-state index contributed by atoms with van der Waals surface area (Å²) < 4.78 is 0. The summed E-state index contributed by atoms with van der Waals surface area (Å²) in [5.41, 5.74) is 0. The molecule has 0 saturated heterocycles. The van der Waals surface area contributed by atoms with Crippen LogP contribution < -0.4 is 0 Å². The van der Waals surface area contributed by atoms with Crippen molar-refractivity contribution in [2.45, 2.75) is 6.42 Å². The van der Waals surface area contributed by atoms with E-state index in [1.165, 1.54) is 0 Å². The Kier molecular flexibility index (Phi) is 13.2. The number of rotatable bonds is 2. The molecule has 0 bridgehead atoms. The molecule has 0 atom stereocenters. The van der Waals surface area contributed by atoms with Gasteiger partial charge in [0.1, 0.15) is 11.8 Å². The molecule has 3 nitrogen and oxygen atoms in total. The minimum absolute atomic E-state index is 0.181. The molecule has 0 saturated carbocycles. The van der Waals surface area contributed by atoms with Crippen molar-refractivity contribution in [3.63, 3.8) is 0 Å². The van der Waals surface area contributed by atoms with Gasteiger partial charge in [-0.15, -0.1) is 12.8 Å². The van der Waals surface area contributed by atoms with E-state index in [2.05, 4.69) is 12.3 Å². The highest BCUT2D eigenvalue weighted by Gasteiger charge is 1.84. The third kappa shape index (κ3) is 23.7. The number of terminal acetylenes is 2. The van der Waals surface area contributed by atoms with Crippen LogP contribution in [0.4, 0.5) is 0 Å². The quantitative estimate of drug-likeness (QED) is 0.391. The summed E-state index contributed by atoms with van der Waals surface area (Å²) in [6, 6.07) is 0. The van der Waals surface area contributed by atoms with Crippen molar-refractivity contribution >= 4 is 17.7 Å². The Morgan fingerprint density at radius 1 is 1.50 bits per heavy atom. The molecule has 0 amide bonds. The number of nitriles is 1. The van der Waals surface area contributed by atoms with Crippen LogP contribution in [-0.4, -0.2) is 16.8 Å². The van der Waals surface area contributed by atoms with E-state index in [1.807, 2.05) is 11.3 Å². The minimum Gasteiger partial charge on any atom is -0.481 e. The van der Waals surface area contributed by atoms with Crippen LogP contribution in [0.25, 0.3) is 0 Å². The number of carbonyl (C=O) groups is 1. The summed E-state index contributed by atoms with van der Waals surface area (Å²) >= 11 is 1.08. The maximum absolute atomic E-state index is 9.46. The molecule has 0 aliphatic carbocycles. The highest BCUT2D eigenvalue weighted by atomic mass is 32.2. The van der Waals surface area contributed by atoms with Crippen molar-refractivity contribution in [3.05, 3.63) is 0 Å². The fourth-order valence-corrected chi connectivity index (χ4v) is 0.309. The molecule has 0 heterocycles. The largest absolute Gasteiger partial charge is 0.481 e. The van der Waals surface area contributed by atoms with Crippen LogP contribution in [0.3, 0.4) is 0 Å². The van der Waals surface area contributed by atoms with Crippen LogP contribution >= 0.6 is 11.8 Å². The van der Waals surface area contributed by atoms with Crippen LogP contribution in [-0.2, 0) is 4.79 Å². The Morgan fingerprint density at radius 2 is 2.08 bits per heavy atom. The zero-order valence-corrected chi connectivity index (χ0v) is 7.10. The third-order valence-electron chi connectivity index (χ3n) is 0.473. The topological polar surface area (TPSA) is 61.1 Å². The van der Waals surface area contributed by atoms with Crippen molar-refractivity contribution in [1.82, 2.24) is 0 Å². The zero-order chi connectivity index (χ0) is 9.82. The van der Waals surface area contributed by atoms with Crippen molar-refractivity contribution < 1.29 is 9.90 Å². The summed E-state index contributed by atoms with van der Waals surface area (Å²) in [5, 5.41) is 17.4. The SMILES string of the molecule is C#CCC(=O)O.C#CCSC#N. The molecule has 0 aliphatic rings. The second-order valence-corrected chi connectivity index (χ2v) is 2.12. The second-order valence-electron chi connectivity index (χ2n) is 1.36. The predicted octanol–water partition coefficient (Wildman–Crippen LogP) is 0.928. The summed E-state index contributed by atoms with van der Waals surface area (Å²) in [4.78, 5) is 9.46. The lowest BCUT2D eigenvalue weighted by molar-refractivity contribution is -0.135. The van der Waals surface area contributed by atoms with Gasteiger partial charge >= 0.3 is 5.97 Å². The molecule has 0 fully saturated rings. The number of thioether (sulfide) groups is 1. The number of carboxylic acids is 1. The van der Waals surface area contributed by atoms with Crippen molar-refractivity contribution in [1.29, 1.82) is 5.26 Å². The standard InChI is InChI=1S/C4H3NS.C4H4O2/c1-2-3-6-4-5;1-2-3-4(5)6/h1H,3H2;1H,3H2,(H,5,6). The first-order valence-electron chi connectivity index (χ1n) is 2.78. The highest BCUT2D eigenvalue weighted by Crippen LogP contribution is 1.89. The average Bonchev–Trinajstić information content (AvgIpc) is 2.02. The van der Waals surface area contributed by atoms with Gasteiger partial charge in [0.05, 0.1) is 5.75 Å². The van der Waals surface area contributed by atoms with Crippen LogP contribution in [0.5, 0.6) is 0 Å². The molecule has 0 aromatic heterocycles. The molecule has 0 aromatic rings. The molecule has 0 aromatic carbocycles. The molecule has 1 N–H and O–H groups in total. The van der Waals surface area contributed by atoms with E-state index in [-0.39, 0.29) is 6.42 Å². The van der Waals surface area contributed by atoms with Gasteiger partial charge in [-0.05, 0) is 11.8 Å². The Hall–Kier alpha value is -1.57. The predicted molar refractivity (Wildman–Crippen MR) is 48.0 cm³/mol. The van der Waals surface area contributed by atoms with Gasteiger partial charge in [-0.25, -0.2) is 0 Å². The minimum atomic E-state index is -0.947. The molecule has 4 heteroatoms. The lowest BCUT2D eigenvalue weighted by Crippen LogP contribution is -1.88. The van der Waals surface area contributed by atoms with E-state index >= 15 is 0 Å². The summed E-state index contributed by atoms with van der Waals surface area (Å²) in [6.07, 6.45) is 9.21. The number of thiocyanates is 1. The first-order chi connectivity index (χ1) is 5.68. The fraction of sp³-hybridized carbons (Fsp3) is 0.250. The molecule has 0 spiro atoms. The van der Waals surface area contributed by atoms with E-state index in [0.717, 1.165) is 11.8 Å². The maximum atomic E-state index is 9.46. The van der Waals surface area contributed by atoms with E-state index in [0.29, 0.717) is 5.75 Å². The number of aliphatic carboxylic acids is 1. The molecular formula is C8H7NO2S. The van der Waals surface area contributed by atoms with Crippen LogP contribution in [0.15, 0.2) is 0 Å². The Balaban J connectivity index is 0. The monoisotopic (exact) mass is 181 g/mol. The molecule has 62 valence electrons. The second kappa shape index (κ2) is 12.1. The normalized spacial score (nSPS) is 6.08. The summed E-state index contributed by atoms with van der Waals surface area (Å²) in [6.45, 7) is 0. The molecule has 0 radical (unpaired) electrons. The lowest BCUT2D eigenvalue weighted by atomic mass is 10.5. The van der Waals surface area contributed by atoms with E-state index in [1.54, 1.807) is 0 Å². The van der Waals surface area contributed by atoms with Gasteiger partial charge in [0.15, 0.2) is 0 Å². The van der Waals surface area contributed by atoms with Gasteiger partial charge in [-0.3, -0.25) is 4.79 Å². The first-order valence-corrected chi connectivity index (χ1v) is 3.77. The lowest BCUT2D eigenvalue weighted by Gasteiger charge is -1.72. The Labute approximate surface area is 75.8 Å². The van der Waals surface area contributed by atoms with Gasteiger partial charge in [0.25, 0.3) is 0 Å². The van der Waals surface area contributed by atoms with Gasteiger partial charge in [0, 0.05) is 0 Å². The van der Waals surface area contributed by atoms with E-state index in [4.69, 9.17) is 16.8 Å². The number of carboxylic acid groups (broad SMARTS) is 1. The van der Waals surface area contributed by atoms with Crippen molar-refractivity contribution in [2.24, 2.45) is 0 Å². The van der Waals surface area contributed by atoms with Gasteiger partial charge in [-0.1, -0.05) is 11.8 Å². The van der Waals surface area contributed by atoms with Crippen LogP contribution in [0.1, 0.15) is 6.42 Å². The third-order valence-corrected chi connectivity index (χ3v) is 0.913. The van der Waals surface area contributed by atoms with E-state index in [9.17, 15) is 4.79 Å². The Morgan fingerprint density at radius 3 is 2.17 bits per heavy atom.